The van der Waals surface area contributed by atoms with Gasteiger partial charge in [0, 0.05) is 17.4 Å². The van der Waals surface area contributed by atoms with Gasteiger partial charge in [-0.25, -0.2) is 13.2 Å². The molecular weight excluding hydrogens is 342 g/mol. The highest BCUT2D eigenvalue weighted by molar-refractivity contribution is 7.88. The van der Waals surface area contributed by atoms with Gasteiger partial charge in [-0.1, -0.05) is 18.2 Å². The Morgan fingerprint density at radius 2 is 2.04 bits per heavy atom. The Morgan fingerprint density at radius 3 is 2.68 bits per heavy atom. The molecule has 6 nitrogen and oxygen atoms in total. The molecule has 0 amide bonds. The first kappa shape index (κ1) is 17.8. The number of rotatable bonds is 3. The highest BCUT2D eigenvalue weighted by atomic mass is 32.2. The number of para-hydroxylation sites is 1. The van der Waals surface area contributed by atoms with E-state index in [-0.39, 0.29) is 24.1 Å². The number of esters is 1. The first-order valence-electron chi connectivity index (χ1n) is 8.29. The van der Waals surface area contributed by atoms with Gasteiger partial charge in [0.05, 0.1) is 25.0 Å². The Kier molecular flexibility index (Phi) is 4.31. The summed E-state index contributed by atoms with van der Waals surface area (Å²) < 4.78 is 37.1. The number of sulfonamides is 1. The molecule has 0 bridgehead atoms. The number of benzene rings is 1. The molecule has 0 N–H and O–H groups in total. The zero-order chi connectivity index (χ0) is 18.4. The minimum Gasteiger partial charge on any atom is -0.493 e. The third-order valence-electron chi connectivity index (χ3n) is 4.93. The Hall–Kier alpha value is -2.02. The summed E-state index contributed by atoms with van der Waals surface area (Å²) in [5.74, 6) is -0.0807. The first-order chi connectivity index (χ1) is 11.7. The van der Waals surface area contributed by atoms with Crippen LogP contribution in [0.4, 0.5) is 0 Å². The lowest BCUT2D eigenvalue weighted by molar-refractivity contribution is -0.141. The van der Waals surface area contributed by atoms with Gasteiger partial charge >= 0.3 is 5.97 Å². The maximum absolute atomic E-state index is 12.5. The van der Waals surface area contributed by atoms with Gasteiger partial charge in [-0.3, -0.25) is 4.31 Å². The average molecular weight is 365 g/mol. The van der Waals surface area contributed by atoms with Crippen molar-refractivity contribution in [3.05, 3.63) is 41.6 Å². The lowest BCUT2D eigenvalue weighted by atomic mass is 9.71. The molecule has 7 heteroatoms. The maximum atomic E-state index is 12.5. The van der Waals surface area contributed by atoms with Crippen LogP contribution < -0.4 is 4.74 Å². The van der Waals surface area contributed by atoms with Crippen LogP contribution in [-0.2, 0) is 19.6 Å². The number of hydrogen-bond donors (Lipinski definition) is 0. The van der Waals surface area contributed by atoms with E-state index in [2.05, 4.69) is 0 Å². The third kappa shape index (κ3) is 2.90. The molecule has 0 saturated heterocycles. The second kappa shape index (κ2) is 6.05. The van der Waals surface area contributed by atoms with Gasteiger partial charge in [0.25, 0.3) is 0 Å². The molecule has 3 rings (SSSR count). The fourth-order valence-corrected chi connectivity index (χ4v) is 5.38. The topological polar surface area (TPSA) is 72.9 Å². The zero-order valence-electron chi connectivity index (χ0n) is 14.9. The summed E-state index contributed by atoms with van der Waals surface area (Å²) in [5, 5.41) is 0. The zero-order valence-corrected chi connectivity index (χ0v) is 15.7. The van der Waals surface area contributed by atoms with Crippen LogP contribution in [0.25, 0.3) is 0 Å². The van der Waals surface area contributed by atoms with E-state index in [0.29, 0.717) is 6.61 Å². The smallest absolute Gasteiger partial charge is 0.355 e. The van der Waals surface area contributed by atoms with Crippen LogP contribution >= 0.6 is 0 Å². The Morgan fingerprint density at radius 1 is 1.36 bits per heavy atom. The quantitative estimate of drug-likeness (QED) is 0.769. The number of allylic oxidation sites excluding steroid dienone is 1. The van der Waals surface area contributed by atoms with Crippen molar-refractivity contribution in [3.8, 4) is 5.75 Å². The maximum Gasteiger partial charge on any atom is 0.355 e. The molecule has 0 saturated carbocycles. The molecule has 0 radical (unpaired) electrons. The predicted octanol–water partition coefficient (Wildman–Crippen LogP) is 2.28. The molecule has 2 atom stereocenters. The van der Waals surface area contributed by atoms with Crippen LogP contribution in [0.15, 0.2) is 36.0 Å². The van der Waals surface area contributed by atoms with E-state index < -0.39 is 21.5 Å². The van der Waals surface area contributed by atoms with Crippen molar-refractivity contribution in [2.24, 2.45) is 5.92 Å². The van der Waals surface area contributed by atoms with Crippen LogP contribution in [0.1, 0.15) is 32.3 Å². The summed E-state index contributed by atoms with van der Waals surface area (Å²) in [6.07, 6.45) is 2.83. The molecular formula is C18H23NO5S. The van der Waals surface area contributed by atoms with E-state index in [9.17, 15) is 13.2 Å². The van der Waals surface area contributed by atoms with Crippen LogP contribution in [0, 0.1) is 5.92 Å². The largest absolute Gasteiger partial charge is 0.493 e. The Labute approximate surface area is 148 Å². The molecule has 0 unspecified atom stereocenters. The van der Waals surface area contributed by atoms with Gasteiger partial charge in [-0.15, -0.1) is 0 Å². The van der Waals surface area contributed by atoms with E-state index in [4.69, 9.17) is 9.47 Å². The Bertz CT molecular complexity index is 828. The molecule has 2 heterocycles. The summed E-state index contributed by atoms with van der Waals surface area (Å²) in [7, 11) is -3.67. The fraction of sp³-hybridized carbons (Fsp3) is 0.500. The van der Waals surface area contributed by atoms with Gasteiger partial charge in [-0.05, 0) is 32.9 Å². The van der Waals surface area contributed by atoms with Crippen LogP contribution in [-0.4, -0.2) is 43.7 Å². The van der Waals surface area contributed by atoms with Crippen LogP contribution in [0.3, 0.4) is 0 Å². The van der Waals surface area contributed by atoms with Crippen molar-refractivity contribution in [1.29, 1.82) is 0 Å². The van der Waals surface area contributed by atoms with Crippen LogP contribution in [0.2, 0.25) is 0 Å². The predicted molar refractivity (Wildman–Crippen MR) is 93.6 cm³/mol. The summed E-state index contributed by atoms with van der Waals surface area (Å²) in [4.78, 5) is 12.5. The molecule has 0 aromatic heterocycles. The number of fused-ring (bicyclic) bond motifs is 3. The van der Waals surface area contributed by atoms with Crippen molar-refractivity contribution in [1.82, 2.24) is 4.31 Å². The second-order valence-electron chi connectivity index (χ2n) is 6.93. The lowest BCUT2D eigenvalue weighted by Gasteiger charge is -2.51. The number of hydrogen-bond acceptors (Lipinski definition) is 5. The minimum absolute atomic E-state index is 0.0762. The molecule has 0 fully saturated rings. The van der Waals surface area contributed by atoms with E-state index in [1.165, 1.54) is 4.31 Å². The first-order valence-corrected chi connectivity index (χ1v) is 10.1. The van der Waals surface area contributed by atoms with Gasteiger partial charge < -0.3 is 9.47 Å². The van der Waals surface area contributed by atoms with Gasteiger partial charge in [0.2, 0.25) is 10.0 Å². The summed E-state index contributed by atoms with van der Waals surface area (Å²) in [6, 6.07) is 7.65. The SMILES string of the molecule is CCOC(=O)C1=C[C@@H]2c3ccccc3OC[C@H]2C(C)(C)N1S(C)(=O)=O. The molecule has 2 aliphatic rings. The van der Waals surface area contributed by atoms with Gasteiger partial charge in [-0.2, -0.15) is 0 Å². The fourth-order valence-electron chi connectivity index (χ4n) is 3.90. The third-order valence-corrected chi connectivity index (χ3v) is 6.26. The number of carbonyl (C=O) groups excluding carboxylic acids is 1. The molecule has 1 aromatic carbocycles. The molecule has 0 spiro atoms. The van der Waals surface area contributed by atoms with Crippen molar-refractivity contribution in [2.75, 3.05) is 19.5 Å². The van der Waals surface area contributed by atoms with Crippen molar-refractivity contribution in [3.63, 3.8) is 0 Å². The summed E-state index contributed by atoms with van der Waals surface area (Å²) >= 11 is 0. The normalized spacial score (nSPS) is 24.5. The van der Waals surface area contributed by atoms with Crippen molar-refractivity contribution < 1.29 is 22.7 Å². The standard InChI is InChI=1S/C18H23NO5S/c1-5-23-17(20)15-10-13-12-8-6-7-9-16(12)24-11-14(13)18(2,3)19(15)25(4,21)22/h6-10,13-14H,5,11H2,1-4H3/t13-,14-/m1/s1. The van der Waals surface area contributed by atoms with Gasteiger partial charge in [0.15, 0.2) is 0 Å². The molecule has 25 heavy (non-hydrogen) atoms. The van der Waals surface area contributed by atoms with Crippen LogP contribution in [0.5, 0.6) is 5.75 Å². The van der Waals surface area contributed by atoms with Gasteiger partial charge in [0.1, 0.15) is 11.4 Å². The summed E-state index contributed by atoms with van der Waals surface area (Å²) in [6.45, 7) is 5.92. The monoisotopic (exact) mass is 365 g/mol. The Balaban J connectivity index is 2.21. The number of carbonyl (C=O) groups is 1. The van der Waals surface area contributed by atoms with E-state index in [1.807, 2.05) is 38.1 Å². The number of ether oxygens (including phenoxy) is 2. The molecule has 136 valence electrons. The van der Waals surface area contributed by atoms with Crippen molar-refractivity contribution in [2.45, 2.75) is 32.2 Å². The van der Waals surface area contributed by atoms with E-state index in [1.54, 1.807) is 13.0 Å². The van der Waals surface area contributed by atoms with E-state index in [0.717, 1.165) is 17.6 Å². The van der Waals surface area contributed by atoms with Crippen molar-refractivity contribution >= 4 is 16.0 Å². The molecule has 0 aliphatic carbocycles. The highest BCUT2D eigenvalue weighted by Gasteiger charge is 2.52. The minimum atomic E-state index is -3.67. The highest BCUT2D eigenvalue weighted by Crippen LogP contribution is 2.49. The van der Waals surface area contributed by atoms with E-state index >= 15 is 0 Å². The molecule has 2 aliphatic heterocycles. The lowest BCUT2D eigenvalue weighted by Crippen LogP contribution is -2.58. The second-order valence-corrected chi connectivity index (χ2v) is 8.77. The summed E-state index contributed by atoms with van der Waals surface area (Å²) in [5.41, 5.74) is 0.205. The molecule has 1 aromatic rings. The average Bonchev–Trinajstić information content (AvgIpc) is 2.52. The number of nitrogens with zero attached hydrogens (tertiary/aromatic N) is 1.